The van der Waals surface area contributed by atoms with Crippen LogP contribution >= 0.6 is 0 Å². The number of imidazole rings is 2. The van der Waals surface area contributed by atoms with E-state index in [4.69, 9.17) is 10.2 Å². The normalized spacial score (nSPS) is 10.9. The molecule has 0 radical (unpaired) electrons. The van der Waals surface area contributed by atoms with E-state index in [1.54, 1.807) is 36.9 Å². The zero-order valence-corrected chi connectivity index (χ0v) is 17.1. The lowest BCUT2D eigenvalue weighted by molar-refractivity contribution is 1.04. The molecular formula is C23H18N8O. The number of aryl methyl sites for hydroxylation is 1. The van der Waals surface area contributed by atoms with Crippen LogP contribution in [-0.2, 0) is 6.54 Å². The van der Waals surface area contributed by atoms with Gasteiger partial charge in [0.25, 0.3) is 5.56 Å². The second kappa shape index (κ2) is 7.85. The highest BCUT2D eigenvalue weighted by atomic mass is 16.1. The largest absolute Gasteiger partial charge is 0.379 e. The van der Waals surface area contributed by atoms with Crippen molar-refractivity contribution in [1.82, 2.24) is 29.5 Å². The molecule has 1 aromatic carbocycles. The lowest BCUT2D eigenvalue weighted by Gasteiger charge is -2.09. The van der Waals surface area contributed by atoms with Crippen LogP contribution in [0.1, 0.15) is 16.8 Å². The molecule has 32 heavy (non-hydrogen) atoms. The van der Waals surface area contributed by atoms with Gasteiger partial charge < -0.3 is 19.9 Å². The number of rotatable bonds is 5. The van der Waals surface area contributed by atoms with Gasteiger partial charge in [-0.15, -0.1) is 0 Å². The number of fused-ring (bicyclic) bond motifs is 1. The molecule has 5 rings (SSSR count). The Kier molecular flexibility index (Phi) is 4.72. The summed E-state index contributed by atoms with van der Waals surface area (Å²) < 4.78 is 1.92. The van der Waals surface area contributed by atoms with Gasteiger partial charge in [0.1, 0.15) is 17.5 Å². The van der Waals surface area contributed by atoms with Crippen LogP contribution in [0, 0.1) is 18.3 Å². The maximum Gasteiger partial charge on any atom is 0.261 e. The summed E-state index contributed by atoms with van der Waals surface area (Å²) in [6, 6.07) is 11.3. The number of aromatic amines is 2. The molecule has 0 bridgehead atoms. The van der Waals surface area contributed by atoms with Gasteiger partial charge in [-0.1, -0.05) is 0 Å². The van der Waals surface area contributed by atoms with E-state index in [0.717, 1.165) is 28.0 Å². The summed E-state index contributed by atoms with van der Waals surface area (Å²) in [5.74, 6) is 0.475. The minimum absolute atomic E-state index is 0.255. The standard InChI is InChI=1S/C23H18N8O/c1-14-8-17(31-7-6-25-13-31)9-19-21(14)30-22(29-19)20-18(4-5-26-23(20)32)28-12-16-3-2-15(10-24)11-27-16/h2-9,11,13H,12H2,1H3,(H,29,30)(H2,26,28,32). The Morgan fingerprint density at radius 3 is 2.91 bits per heavy atom. The fourth-order valence-corrected chi connectivity index (χ4v) is 3.59. The van der Waals surface area contributed by atoms with Crippen LogP contribution in [0.25, 0.3) is 28.1 Å². The maximum absolute atomic E-state index is 12.7. The predicted octanol–water partition coefficient (Wildman–Crippen LogP) is 3.29. The molecule has 5 aromatic rings. The van der Waals surface area contributed by atoms with Gasteiger partial charge in [-0.2, -0.15) is 5.26 Å². The molecule has 0 aliphatic carbocycles. The molecule has 0 amide bonds. The molecule has 0 fully saturated rings. The van der Waals surface area contributed by atoms with Crippen molar-refractivity contribution in [3.63, 3.8) is 0 Å². The fraction of sp³-hybridized carbons (Fsp3) is 0.0870. The van der Waals surface area contributed by atoms with E-state index in [1.807, 2.05) is 29.8 Å². The summed E-state index contributed by atoms with van der Waals surface area (Å²) in [5, 5.41) is 12.2. The average Bonchev–Trinajstić information content (AvgIpc) is 3.48. The Bertz CT molecular complexity index is 1500. The number of anilines is 1. The summed E-state index contributed by atoms with van der Waals surface area (Å²) in [4.78, 5) is 31.8. The van der Waals surface area contributed by atoms with E-state index in [-0.39, 0.29) is 5.56 Å². The first-order chi connectivity index (χ1) is 15.6. The van der Waals surface area contributed by atoms with Gasteiger partial charge in [-0.05, 0) is 42.8 Å². The summed E-state index contributed by atoms with van der Waals surface area (Å²) in [6.07, 6.45) is 8.45. The van der Waals surface area contributed by atoms with E-state index >= 15 is 0 Å². The molecule has 156 valence electrons. The molecule has 0 unspecified atom stereocenters. The molecule has 9 nitrogen and oxygen atoms in total. The van der Waals surface area contributed by atoms with Crippen molar-refractivity contribution < 1.29 is 0 Å². The smallest absolute Gasteiger partial charge is 0.261 e. The number of hydrogen-bond acceptors (Lipinski definition) is 6. The SMILES string of the molecule is Cc1cc(-n2ccnc2)cc2[nH]c(-c3c(NCc4ccc(C#N)cn4)cc[nH]c3=O)nc12. The van der Waals surface area contributed by atoms with Crippen LogP contribution in [0.2, 0.25) is 0 Å². The Morgan fingerprint density at radius 1 is 1.25 bits per heavy atom. The van der Waals surface area contributed by atoms with Gasteiger partial charge in [0, 0.05) is 30.5 Å². The van der Waals surface area contributed by atoms with E-state index in [1.165, 1.54) is 6.20 Å². The van der Waals surface area contributed by atoms with Crippen molar-refractivity contribution in [3.8, 4) is 23.1 Å². The van der Waals surface area contributed by atoms with Crippen LogP contribution in [0.4, 0.5) is 5.69 Å². The molecular weight excluding hydrogens is 404 g/mol. The first-order valence-corrected chi connectivity index (χ1v) is 9.92. The summed E-state index contributed by atoms with van der Waals surface area (Å²) in [7, 11) is 0. The highest BCUT2D eigenvalue weighted by Gasteiger charge is 2.16. The van der Waals surface area contributed by atoms with Crippen LogP contribution in [0.15, 0.2) is 66.2 Å². The third-order valence-corrected chi connectivity index (χ3v) is 5.18. The van der Waals surface area contributed by atoms with Gasteiger partial charge in [0.05, 0.1) is 40.9 Å². The minimum Gasteiger partial charge on any atom is -0.379 e. The number of pyridine rings is 2. The molecule has 4 aromatic heterocycles. The lowest BCUT2D eigenvalue weighted by Crippen LogP contribution is -2.13. The van der Waals surface area contributed by atoms with Gasteiger partial charge in [-0.25, -0.2) is 9.97 Å². The lowest BCUT2D eigenvalue weighted by atomic mass is 10.2. The van der Waals surface area contributed by atoms with E-state index in [2.05, 4.69) is 31.3 Å². The summed E-state index contributed by atoms with van der Waals surface area (Å²) in [5.41, 5.74) is 5.60. The van der Waals surface area contributed by atoms with E-state index < -0.39 is 0 Å². The Balaban J connectivity index is 1.52. The molecule has 0 saturated heterocycles. The second-order valence-corrected chi connectivity index (χ2v) is 7.31. The number of hydrogen-bond donors (Lipinski definition) is 3. The van der Waals surface area contributed by atoms with Crippen molar-refractivity contribution in [2.24, 2.45) is 0 Å². The van der Waals surface area contributed by atoms with Gasteiger partial charge >= 0.3 is 0 Å². The van der Waals surface area contributed by atoms with E-state index in [0.29, 0.717) is 29.2 Å². The molecule has 9 heteroatoms. The molecule has 0 aliphatic rings. The average molecular weight is 422 g/mol. The van der Waals surface area contributed by atoms with Gasteiger partial charge in [0.2, 0.25) is 0 Å². The van der Waals surface area contributed by atoms with Crippen molar-refractivity contribution >= 4 is 16.7 Å². The molecule has 0 saturated carbocycles. The maximum atomic E-state index is 12.7. The van der Waals surface area contributed by atoms with Crippen LogP contribution in [0.5, 0.6) is 0 Å². The van der Waals surface area contributed by atoms with Gasteiger partial charge in [0.15, 0.2) is 0 Å². The zero-order chi connectivity index (χ0) is 22.1. The summed E-state index contributed by atoms with van der Waals surface area (Å²) >= 11 is 0. The van der Waals surface area contributed by atoms with E-state index in [9.17, 15) is 4.79 Å². The number of nitrogens with one attached hydrogen (secondary N) is 3. The third-order valence-electron chi connectivity index (χ3n) is 5.18. The Labute approximate surface area is 182 Å². The van der Waals surface area contributed by atoms with Gasteiger partial charge in [-0.3, -0.25) is 9.78 Å². The predicted molar refractivity (Wildman–Crippen MR) is 120 cm³/mol. The molecule has 3 N–H and O–H groups in total. The van der Waals surface area contributed by atoms with Crippen LogP contribution in [0.3, 0.4) is 0 Å². The van der Waals surface area contributed by atoms with Crippen molar-refractivity contribution in [2.45, 2.75) is 13.5 Å². The third kappa shape index (κ3) is 3.50. The number of aromatic nitrogens is 6. The number of H-pyrrole nitrogens is 2. The van der Waals surface area contributed by atoms with Crippen molar-refractivity contribution in [3.05, 3.63) is 88.6 Å². The molecule has 4 heterocycles. The van der Waals surface area contributed by atoms with Crippen molar-refractivity contribution in [2.75, 3.05) is 5.32 Å². The minimum atomic E-state index is -0.255. The fourth-order valence-electron chi connectivity index (χ4n) is 3.59. The number of benzene rings is 1. The zero-order valence-electron chi connectivity index (χ0n) is 17.1. The second-order valence-electron chi connectivity index (χ2n) is 7.31. The summed E-state index contributed by atoms with van der Waals surface area (Å²) in [6.45, 7) is 2.38. The Hall–Kier alpha value is -4.71. The first kappa shape index (κ1) is 19.3. The van der Waals surface area contributed by atoms with Crippen molar-refractivity contribution in [1.29, 1.82) is 5.26 Å². The monoisotopic (exact) mass is 422 g/mol. The first-order valence-electron chi connectivity index (χ1n) is 9.92. The Morgan fingerprint density at radius 2 is 2.16 bits per heavy atom. The highest BCUT2D eigenvalue weighted by Crippen LogP contribution is 2.27. The number of nitrogens with zero attached hydrogens (tertiary/aromatic N) is 5. The quantitative estimate of drug-likeness (QED) is 0.399. The molecule has 0 atom stereocenters. The molecule has 0 spiro atoms. The van der Waals surface area contributed by atoms with Crippen LogP contribution < -0.4 is 10.9 Å². The molecule has 0 aliphatic heterocycles. The topological polar surface area (TPSA) is 128 Å². The number of nitriles is 1. The highest BCUT2D eigenvalue weighted by molar-refractivity contribution is 5.86. The van der Waals surface area contributed by atoms with Crippen LogP contribution in [-0.4, -0.2) is 29.5 Å².